The highest BCUT2D eigenvalue weighted by atomic mass is 32.1. The Labute approximate surface area is 130 Å². The van der Waals surface area contributed by atoms with E-state index in [-0.39, 0.29) is 17.7 Å². The average molecular weight is 308 g/mol. The van der Waals surface area contributed by atoms with E-state index in [1.807, 2.05) is 19.2 Å². The van der Waals surface area contributed by atoms with Crippen LogP contribution in [-0.2, 0) is 17.6 Å². The van der Waals surface area contributed by atoms with E-state index in [0.717, 1.165) is 30.7 Å². The minimum Gasteiger partial charge on any atom is -0.354 e. The molecule has 2 amide bonds. The van der Waals surface area contributed by atoms with Gasteiger partial charge in [0.15, 0.2) is 0 Å². The highest BCUT2D eigenvalue weighted by Crippen LogP contribution is 2.32. The Morgan fingerprint density at radius 3 is 2.76 bits per heavy atom. The van der Waals surface area contributed by atoms with Crippen molar-refractivity contribution in [2.45, 2.75) is 40.0 Å². The molecule has 0 bridgehead atoms. The largest absolute Gasteiger partial charge is 0.354 e. The molecular weight excluding hydrogens is 284 g/mol. The second kappa shape index (κ2) is 7.07. The standard InChI is InChI=1S/C16H24N2O2S/c1-10(2)15(19)17-6-7-18-16(20)13-9-21-14-8-11(3)4-5-12(13)14/h9-11H,4-8H2,1-3H3,(H,17,19)(H,18,20). The molecule has 0 aliphatic heterocycles. The summed E-state index contributed by atoms with van der Waals surface area (Å²) in [6.07, 6.45) is 3.26. The second-order valence-corrected chi connectivity index (χ2v) is 7.06. The van der Waals surface area contributed by atoms with Gasteiger partial charge in [0.25, 0.3) is 5.91 Å². The van der Waals surface area contributed by atoms with Crippen LogP contribution in [0.1, 0.15) is 48.0 Å². The molecule has 4 nitrogen and oxygen atoms in total. The number of hydrogen-bond donors (Lipinski definition) is 2. The van der Waals surface area contributed by atoms with Crippen LogP contribution in [0.2, 0.25) is 0 Å². The van der Waals surface area contributed by atoms with E-state index in [1.54, 1.807) is 11.3 Å². The summed E-state index contributed by atoms with van der Waals surface area (Å²) in [4.78, 5) is 25.0. The predicted octanol–water partition coefficient (Wildman–Crippen LogP) is 2.37. The smallest absolute Gasteiger partial charge is 0.252 e. The second-order valence-electron chi connectivity index (χ2n) is 6.10. The lowest BCUT2D eigenvalue weighted by Crippen LogP contribution is -2.36. The molecule has 0 fully saturated rings. The van der Waals surface area contributed by atoms with E-state index >= 15 is 0 Å². The van der Waals surface area contributed by atoms with Crippen molar-refractivity contribution in [2.24, 2.45) is 11.8 Å². The van der Waals surface area contributed by atoms with Crippen molar-refractivity contribution in [3.63, 3.8) is 0 Å². The number of carbonyl (C=O) groups is 2. The van der Waals surface area contributed by atoms with E-state index < -0.39 is 0 Å². The third-order valence-corrected chi connectivity index (χ3v) is 4.93. The Hall–Kier alpha value is -1.36. The first kappa shape index (κ1) is 16.0. The normalized spacial score (nSPS) is 17.4. The number of thiophene rings is 1. The zero-order valence-electron chi connectivity index (χ0n) is 13.0. The van der Waals surface area contributed by atoms with Gasteiger partial charge in [-0.25, -0.2) is 0 Å². The maximum atomic E-state index is 12.2. The van der Waals surface area contributed by atoms with Crippen LogP contribution >= 0.6 is 11.3 Å². The quantitative estimate of drug-likeness (QED) is 0.821. The number of nitrogens with one attached hydrogen (secondary N) is 2. The van der Waals surface area contributed by atoms with Crippen LogP contribution in [0.15, 0.2) is 5.38 Å². The topological polar surface area (TPSA) is 58.2 Å². The fourth-order valence-corrected chi connectivity index (χ4v) is 3.77. The SMILES string of the molecule is CC1CCc2c(C(=O)NCCNC(=O)C(C)C)csc2C1. The summed E-state index contributed by atoms with van der Waals surface area (Å²) >= 11 is 1.70. The third kappa shape index (κ3) is 4.06. The van der Waals surface area contributed by atoms with E-state index in [4.69, 9.17) is 0 Å². The number of amides is 2. The average Bonchev–Trinajstić information content (AvgIpc) is 2.85. The third-order valence-electron chi connectivity index (χ3n) is 3.88. The summed E-state index contributed by atoms with van der Waals surface area (Å²) in [5, 5.41) is 7.67. The summed E-state index contributed by atoms with van der Waals surface area (Å²) in [6.45, 7) is 6.92. The van der Waals surface area contributed by atoms with Crippen molar-refractivity contribution >= 4 is 23.2 Å². The van der Waals surface area contributed by atoms with Gasteiger partial charge >= 0.3 is 0 Å². The van der Waals surface area contributed by atoms with Gasteiger partial charge in [-0.3, -0.25) is 9.59 Å². The van der Waals surface area contributed by atoms with Crippen LogP contribution in [0.25, 0.3) is 0 Å². The van der Waals surface area contributed by atoms with Crippen LogP contribution in [0, 0.1) is 11.8 Å². The molecule has 5 heteroatoms. The van der Waals surface area contributed by atoms with E-state index in [1.165, 1.54) is 10.4 Å². The minimum atomic E-state index is -0.0217. The Balaban J connectivity index is 1.83. The molecule has 1 aromatic heterocycles. The number of carbonyl (C=O) groups excluding carboxylic acids is 2. The van der Waals surface area contributed by atoms with Gasteiger partial charge in [-0.2, -0.15) is 0 Å². The molecule has 0 aromatic carbocycles. The highest BCUT2D eigenvalue weighted by molar-refractivity contribution is 7.10. The molecule has 1 aliphatic rings. The van der Waals surface area contributed by atoms with Gasteiger partial charge in [0.05, 0.1) is 5.56 Å². The predicted molar refractivity (Wildman–Crippen MR) is 85.7 cm³/mol. The van der Waals surface area contributed by atoms with Crippen LogP contribution in [0.4, 0.5) is 0 Å². The molecule has 0 radical (unpaired) electrons. The molecule has 1 atom stereocenters. The lowest BCUT2D eigenvalue weighted by molar-refractivity contribution is -0.123. The zero-order valence-corrected chi connectivity index (χ0v) is 13.8. The Morgan fingerprint density at radius 2 is 2.05 bits per heavy atom. The van der Waals surface area contributed by atoms with Gasteiger partial charge in [0.2, 0.25) is 5.91 Å². The summed E-state index contributed by atoms with van der Waals surface area (Å²) in [5.74, 6) is 0.705. The van der Waals surface area contributed by atoms with Gasteiger partial charge < -0.3 is 10.6 Å². The van der Waals surface area contributed by atoms with Crippen molar-refractivity contribution in [1.82, 2.24) is 10.6 Å². The van der Waals surface area contributed by atoms with Crippen LogP contribution < -0.4 is 10.6 Å². The lowest BCUT2D eigenvalue weighted by atomic mass is 9.88. The molecule has 1 unspecified atom stereocenters. The maximum Gasteiger partial charge on any atom is 0.252 e. The van der Waals surface area contributed by atoms with Crippen molar-refractivity contribution in [2.75, 3.05) is 13.1 Å². The number of hydrogen-bond acceptors (Lipinski definition) is 3. The molecule has 0 spiro atoms. The first-order chi connectivity index (χ1) is 9.99. The van der Waals surface area contributed by atoms with Gasteiger partial charge in [0, 0.05) is 29.3 Å². The summed E-state index contributed by atoms with van der Waals surface area (Å²) < 4.78 is 0. The van der Waals surface area contributed by atoms with Crippen LogP contribution in [0.3, 0.4) is 0 Å². The van der Waals surface area contributed by atoms with Crippen LogP contribution in [-0.4, -0.2) is 24.9 Å². The Bertz CT molecular complexity index is 522. The van der Waals surface area contributed by atoms with Crippen LogP contribution in [0.5, 0.6) is 0 Å². The summed E-state index contributed by atoms with van der Waals surface area (Å²) in [5.41, 5.74) is 2.07. The molecule has 1 heterocycles. The highest BCUT2D eigenvalue weighted by Gasteiger charge is 2.22. The van der Waals surface area contributed by atoms with Gasteiger partial charge in [0.1, 0.15) is 0 Å². The fourth-order valence-electron chi connectivity index (χ4n) is 2.53. The zero-order chi connectivity index (χ0) is 15.4. The molecule has 116 valence electrons. The molecule has 21 heavy (non-hydrogen) atoms. The molecule has 1 aromatic rings. The summed E-state index contributed by atoms with van der Waals surface area (Å²) in [7, 11) is 0. The molecule has 2 N–H and O–H groups in total. The van der Waals surface area contributed by atoms with Gasteiger partial charge in [-0.05, 0) is 30.7 Å². The van der Waals surface area contributed by atoms with Crippen molar-refractivity contribution in [3.8, 4) is 0 Å². The monoisotopic (exact) mass is 308 g/mol. The molecule has 2 rings (SSSR count). The van der Waals surface area contributed by atoms with Crippen molar-refractivity contribution in [1.29, 1.82) is 0 Å². The van der Waals surface area contributed by atoms with E-state index in [9.17, 15) is 9.59 Å². The lowest BCUT2D eigenvalue weighted by Gasteiger charge is -2.18. The van der Waals surface area contributed by atoms with Crippen molar-refractivity contribution < 1.29 is 9.59 Å². The number of fused-ring (bicyclic) bond motifs is 1. The summed E-state index contributed by atoms with van der Waals surface area (Å²) in [6, 6.07) is 0. The minimum absolute atomic E-state index is 0.0131. The molecule has 1 aliphatic carbocycles. The van der Waals surface area contributed by atoms with E-state index in [2.05, 4.69) is 17.6 Å². The van der Waals surface area contributed by atoms with Gasteiger partial charge in [-0.1, -0.05) is 20.8 Å². The molecule has 0 saturated heterocycles. The fraction of sp³-hybridized carbons (Fsp3) is 0.625. The maximum absolute atomic E-state index is 12.2. The molecule has 0 saturated carbocycles. The number of rotatable bonds is 5. The Morgan fingerprint density at radius 1 is 1.33 bits per heavy atom. The Kier molecular flexibility index (Phi) is 5.39. The van der Waals surface area contributed by atoms with Crippen molar-refractivity contribution in [3.05, 3.63) is 21.4 Å². The van der Waals surface area contributed by atoms with E-state index in [0.29, 0.717) is 13.1 Å². The first-order valence-corrected chi connectivity index (χ1v) is 8.52. The van der Waals surface area contributed by atoms with Gasteiger partial charge in [-0.15, -0.1) is 11.3 Å². The first-order valence-electron chi connectivity index (χ1n) is 7.64. The molecular formula is C16H24N2O2S.